The highest BCUT2D eigenvalue weighted by Crippen LogP contribution is 2.38. The summed E-state index contributed by atoms with van der Waals surface area (Å²) in [6, 6.07) is 16.9. The number of anilines is 1. The summed E-state index contributed by atoms with van der Waals surface area (Å²) in [4.78, 5) is 31.0. The van der Waals surface area contributed by atoms with E-state index in [2.05, 4.69) is 56.1 Å². The second kappa shape index (κ2) is 12.4. The Labute approximate surface area is 269 Å². The number of nitrogens with zero attached hydrogens (tertiary/aromatic N) is 7. The molecule has 1 fully saturated rings. The second-order valence-electron chi connectivity index (χ2n) is 11.3. The molecule has 0 bridgehead atoms. The van der Waals surface area contributed by atoms with Crippen molar-refractivity contribution in [3.63, 3.8) is 0 Å². The van der Waals surface area contributed by atoms with E-state index in [4.69, 9.17) is 15.2 Å². The Kier molecular flexibility index (Phi) is 8.36. The Morgan fingerprint density at radius 1 is 0.978 bits per heavy atom. The lowest BCUT2D eigenvalue weighted by Crippen LogP contribution is -2.43. The molecule has 0 radical (unpaired) electrons. The van der Waals surface area contributed by atoms with E-state index in [1.165, 1.54) is 18.1 Å². The van der Waals surface area contributed by atoms with E-state index in [0.29, 0.717) is 33.4 Å². The molecule has 0 aliphatic carbocycles. The summed E-state index contributed by atoms with van der Waals surface area (Å²) in [5.74, 6) is 0.684. The van der Waals surface area contributed by atoms with Crippen molar-refractivity contribution in [2.45, 2.75) is 19.5 Å². The van der Waals surface area contributed by atoms with Crippen LogP contribution in [0.4, 0.5) is 5.82 Å². The van der Waals surface area contributed by atoms with Gasteiger partial charge in [0.1, 0.15) is 35.4 Å². The van der Waals surface area contributed by atoms with Crippen molar-refractivity contribution >= 4 is 44.6 Å². The van der Waals surface area contributed by atoms with E-state index >= 15 is 0 Å². The molecule has 2 aromatic carbocycles. The standard InChI is InChI=1S/C33H32N8O3.BrH/c1-20(41-32-28(31(34)36-19-37-32)29(38-41)23-15-24(42)17-35-16-23)30-27(25-8-3-4-9-26(25)33(43)44-30)22-7-5-6-21(14-22)18-40-12-10-39(2)11-13-40;/h3-9,14-17,19-20,42H,10-13,18H2,1-2H3,(H2,34,36,37);1H/t20-;/m0./s1. The molecule has 4 aromatic heterocycles. The number of nitrogen functional groups attached to an aromatic ring is 1. The first-order valence-electron chi connectivity index (χ1n) is 14.6. The van der Waals surface area contributed by atoms with Crippen molar-refractivity contribution < 1.29 is 9.52 Å². The predicted molar refractivity (Wildman–Crippen MR) is 179 cm³/mol. The van der Waals surface area contributed by atoms with Crippen molar-refractivity contribution in [1.82, 2.24) is 34.5 Å². The molecule has 11 nitrogen and oxygen atoms in total. The Balaban J connectivity index is 0.00000357. The first-order valence-corrected chi connectivity index (χ1v) is 14.6. The molecule has 45 heavy (non-hydrogen) atoms. The molecule has 1 aliphatic rings. The number of pyridine rings is 1. The van der Waals surface area contributed by atoms with Crippen LogP contribution in [0.2, 0.25) is 0 Å². The van der Waals surface area contributed by atoms with Gasteiger partial charge in [0, 0.05) is 55.4 Å². The van der Waals surface area contributed by atoms with Gasteiger partial charge in [-0.1, -0.05) is 36.4 Å². The number of halogens is 1. The van der Waals surface area contributed by atoms with Gasteiger partial charge in [0.2, 0.25) is 0 Å². The molecule has 7 rings (SSSR count). The van der Waals surface area contributed by atoms with Gasteiger partial charge in [0.25, 0.3) is 0 Å². The van der Waals surface area contributed by atoms with E-state index in [1.54, 1.807) is 23.0 Å². The smallest absolute Gasteiger partial charge is 0.343 e. The first-order chi connectivity index (χ1) is 21.4. The van der Waals surface area contributed by atoms with Gasteiger partial charge in [-0.2, -0.15) is 5.10 Å². The Morgan fingerprint density at radius 3 is 2.53 bits per heavy atom. The summed E-state index contributed by atoms with van der Waals surface area (Å²) in [5, 5.41) is 16.8. The number of benzene rings is 2. The van der Waals surface area contributed by atoms with Gasteiger partial charge < -0.3 is 20.2 Å². The Morgan fingerprint density at radius 2 is 1.76 bits per heavy atom. The van der Waals surface area contributed by atoms with Crippen LogP contribution in [0.15, 0.2) is 82.5 Å². The maximum Gasteiger partial charge on any atom is 0.343 e. The van der Waals surface area contributed by atoms with Gasteiger partial charge in [0.05, 0.1) is 17.0 Å². The molecule has 1 saturated heterocycles. The van der Waals surface area contributed by atoms with Gasteiger partial charge in [-0.25, -0.2) is 19.4 Å². The first kappa shape index (κ1) is 30.4. The molecular weight excluding hydrogens is 636 g/mol. The van der Waals surface area contributed by atoms with Gasteiger partial charge >= 0.3 is 5.63 Å². The van der Waals surface area contributed by atoms with E-state index < -0.39 is 11.7 Å². The van der Waals surface area contributed by atoms with Crippen molar-refractivity contribution in [1.29, 1.82) is 0 Å². The van der Waals surface area contributed by atoms with Crippen LogP contribution < -0.4 is 11.4 Å². The summed E-state index contributed by atoms with van der Waals surface area (Å²) < 4.78 is 7.84. The summed E-state index contributed by atoms with van der Waals surface area (Å²) in [5.41, 5.74) is 10.3. The highest BCUT2D eigenvalue weighted by molar-refractivity contribution is 8.93. The zero-order chi connectivity index (χ0) is 30.4. The SMILES string of the molecule is Br.C[C@@H](c1oc(=O)c2ccccc2c1-c1cccc(CN2CCN(C)CC2)c1)n1nc(-c2cncc(O)c2)c2c(N)ncnc21. The third kappa shape index (κ3) is 5.68. The second-order valence-corrected chi connectivity index (χ2v) is 11.3. The van der Waals surface area contributed by atoms with E-state index in [-0.39, 0.29) is 28.5 Å². The number of hydrogen-bond acceptors (Lipinski definition) is 10. The van der Waals surface area contributed by atoms with Crippen molar-refractivity contribution in [3.8, 4) is 28.1 Å². The van der Waals surface area contributed by atoms with E-state index in [0.717, 1.165) is 49.2 Å². The lowest BCUT2D eigenvalue weighted by atomic mass is 9.94. The molecule has 0 saturated carbocycles. The van der Waals surface area contributed by atoms with Crippen molar-refractivity contribution in [3.05, 3.63) is 95.1 Å². The van der Waals surface area contributed by atoms with Gasteiger partial charge in [-0.15, -0.1) is 17.0 Å². The number of aromatic hydroxyl groups is 1. The van der Waals surface area contributed by atoms with Crippen molar-refractivity contribution in [2.75, 3.05) is 39.0 Å². The van der Waals surface area contributed by atoms with Crippen LogP contribution in [0.25, 0.3) is 44.2 Å². The largest absolute Gasteiger partial charge is 0.506 e. The molecule has 3 N–H and O–H groups in total. The van der Waals surface area contributed by atoms with Crippen LogP contribution in [0, 0.1) is 0 Å². The predicted octanol–water partition coefficient (Wildman–Crippen LogP) is 4.88. The maximum atomic E-state index is 13.4. The van der Waals surface area contributed by atoms with Crippen LogP contribution in [-0.2, 0) is 6.54 Å². The van der Waals surface area contributed by atoms with E-state index in [9.17, 15) is 9.90 Å². The molecule has 0 spiro atoms. The third-order valence-electron chi connectivity index (χ3n) is 8.34. The molecule has 6 aromatic rings. The highest BCUT2D eigenvalue weighted by atomic mass is 79.9. The van der Waals surface area contributed by atoms with Crippen molar-refractivity contribution in [2.24, 2.45) is 0 Å². The van der Waals surface area contributed by atoms with Gasteiger partial charge in [0.15, 0.2) is 5.65 Å². The molecule has 230 valence electrons. The van der Waals surface area contributed by atoms with Crippen LogP contribution in [0.1, 0.15) is 24.3 Å². The average molecular weight is 670 g/mol. The minimum Gasteiger partial charge on any atom is -0.506 e. The molecule has 0 amide bonds. The fourth-order valence-electron chi connectivity index (χ4n) is 6.03. The molecule has 12 heteroatoms. The fraction of sp³-hybridized carbons (Fsp3) is 0.242. The minimum absolute atomic E-state index is 0. The molecule has 1 aliphatic heterocycles. The summed E-state index contributed by atoms with van der Waals surface area (Å²) in [6.45, 7) is 6.87. The number of aromatic nitrogens is 5. The Bertz CT molecular complexity index is 2070. The monoisotopic (exact) mass is 668 g/mol. The molecule has 0 unspecified atom stereocenters. The fourth-order valence-corrected chi connectivity index (χ4v) is 6.03. The lowest BCUT2D eigenvalue weighted by Gasteiger charge is -2.32. The number of nitrogens with two attached hydrogens (primary N) is 1. The Hall–Kier alpha value is -4.65. The third-order valence-corrected chi connectivity index (χ3v) is 8.34. The summed E-state index contributed by atoms with van der Waals surface area (Å²) in [6.07, 6.45) is 4.32. The summed E-state index contributed by atoms with van der Waals surface area (Å²) >= 11 is 0. The zero-order valence-electron chi connectivity index (χ0n) is 24.9. The highest BCUT2D eigenvalue weighted by Gasteiger charge is 2.27. The molecule has 1 atom stereocenters. The maximum absolute atomic E-state index is 13.4. The normalized spacial score (nSPS) is 14.9. The van der Waals surface area contributed by atoms with Crippen LogP contribution in [0.3, 0.4) is 0 Å². The molecular formula is C33H33BrN8O3. The van der Waals surface area contributed by atoms with Crippen LogP contribution in [-0.4, -0.2) is 72.9 Å². The van der Waals surface area contributed by atoms with Crippen LogP contribution in [0.5, 0.6) is 5.75 Å². The average Bonchev–Trinajstić information content (AvgIpc) is 3.43. The number of rotatable bonds is 6. The number of piperazine rings is 1. The quantitative estimate of drug-likeness (QED) is 0.252. The minimum atomic E-state index is -0.570. The molecule has 5 heterocycles. The summed E-state index contributed by atoms with van der Waals surface area (Å²) in [7, 11) is 2.15. The lowest BCUT2D eigenvalue weighted by molar-refractivity contribution is 0.148. The zero-order valence-corrected chi connectivity index (χ0v) is 26.6. The number of hydrogen-bond donors (Lipinski definition) is 2. The van der Waals surface area contributed by atoms with E-state index in [1.807, 2.05) is 25.1 Å². The number of likely N-dealkylation sites (N-methyl/N-ethyl adjacent to an activating group) is 1. The van der Waals surface area contributed by atoms with Gasteiger partial charge in [-0.05, 0) is 43.3 Å². The van der Waals surface area contributed by atoms with Gasteiger partial charge in [-0.3, -0.25) is 9.88 Å². The van der Waals surface area contributed by atoms with Crippen LogP contribution >= 0.6 is 17.0 Å². The topological polar surface area (TPSA) is 139 Å². The number of fused-ring (bicyclic) bond motifs is 2.